The molecule has 1 saturated carbocycles. The first-order valence-electron chi connectivity index (χ1n) is 7.38. The maximum Gasteiger partial charge on any atom is 0.390 e. The molecule has 132 valence electrons. The van der Waals surface area contributed by atoms with Gasteiger partial charge in [0.25, 0.3) is 0 Å². The highest BCUT2D eigenvalue weighted by Crippen LogP contribution is 2.31. The summed E-state index contributed by atoms with van der Waals surface area (Å²) >= 11 is 0. The van der Waals surface area contributed by atoms with Gasteiger partial charge < -0.3 is 16.0 Å². The van der Waals surface area contributed by atoms with Crippen LogP contribution in [0.15, 0.2) is 18.2 Å². The number of carbonyl (C=O) groups is 2. The maximum atomic E-state index is 13.9. The zero-order valence-corrected chi connectivity index (χ0v) is 12.7. The monoisotopic (exact) mass is 347 g/mol. The Bertz CT molecular complexity index is 630. The number of benzene rings is 1. The average Bonchev–Trinajstić information content (AvgIpc) is 3.28. The van der Waals surface area contributed by atoms with Crippen LogP contribution in [0.2, 0.25) is 0 Å². The van der Waals surface area contributed by atoms with Crippen LogP contribution in [0.25, 0.3) is 0 Å². The summed E-state index contributed by atoms with van der Waals surface area (Å²) in [6, 6.07) is 2.42. The SMILES string of the molecule is NC(=O)c1ccc(NC(=O)N(CCC(F)(F)F)CC2CC2)c(F)c1. The van der Waals surface area contributed by atoms with Gasteiger partial charge in [0.05, 0.1) is 12.1 Å². The number of alkyl halides is 3. The Morgan fingerprint density at radius 2 is 1.96 bits per heavy atom. The van der Waals surface area contributed by atoms with E-state index in [1.165, 1.54) is 6.07 Å². The van der Waals surface area contributed by atoms with Crippen LogP contribution in [-0.4, -0.2) is 36.1 Å². The van der Waals surface area contributed by atoms with Gasteiger partial charge in [-0.15, -0.1) is 0 Å². The average molecular weight is 347 g/mol. The third-order valence-corrected chi connectivity index (χ3v) is 3.62. The number of carbonyl (C=O) groups excluding carboxylic acids is 2. The van der Waals surface area contributed by atoms with Crippen molar-refractivity contribution in [1.82, 2.24) is 4.90 Å². The summed E-state index contributed by atoms with van der Waals surface area (Å²) in [4.78, 5) is 24.1. The minimum Gasteiger partial charge on any atom is -0.366 e. The molecule has 1 aliphatic rings. The first-order chi connectivity index (χ1) is 11.2. The van der Waals surface area contributed by atoms with Gasteiger partial charge in [-0.2, -0.15) is 13.2 Å². The van der Waals surface area contributed by atoms with E-state index in [0.29, 0.717) is 0 Å². The Morgan fingerprint density at radius 3 is 2.46 bits per heavy atom. The largest absolute Gasteiger partial charge is 0.390 e. The second kappa shape index (κ2) is 7.06. The minimum atomic E-state index is -4.38. The molecule has 0 aliphatic heterocycles. The zero-order chi connectivity index (χ0) is 17.9. The molecule has 0 aromatic heterocycles. The molecule has 24 heavy (non-hydrogen) atoms. The smallest absolute Gasteiger partial charge is 0.366 e. The van der Waals surface area contributed by atoms with E-state index in [9.17, 15) is 27.2 Å². The Morgan fingerprint density at radius 1 is 1.29 bits per heavy atom. The maximum absolute atomic E-state index is 13.9. The molecular formula is C15H17F4N3O2. The lowest BCUT2D eigenvalue weighted by molar-refractivity contribution is -0.136. The van der Waals surface area contributed by atoms with Crippen LogP contribution in [0.4, 0.5) is 28.0 Å². The lowest BCUT2D eigenvalue weighted by Crippen LogP contribution is -2.39. The lowest BCUT2D eigenvalue weighted by Gasteiger charge is -2.24. The number of nitrogens with one attached hydrogen (secondary N) is 1. The third kappa shape index (κ3) is 5.39. The number of nitrogens with zero attached hydrogens (tertiary/aromatic N) is 1. The van der Waals surface area contributed by atoms with Crippen molar-refractivity contribution in [2.75, 3.05) is 18.4 Å². The van der Waals surface area contributed by atoms with Crippen molar-refractivity contribution < 1.29 is 27.2 Å². The molecule has 1 aliphatic carbocycles. The molecule has 0 bridgehead atoms. The van der Waals surface area contributed by atoms with Gasteiger partial charge in [0, 0.05) is 18.7 Å². The van der Waals surface area contributed by atoms with Gasteiger partial charge in [-0.1, -0.05) is 0 Å². The van der Waals surface area contributed by atoms with Gasteiger partial charge in [0.2, 0.25) is 5.91 Å². The number of rotatable bonds is 6. The Kier molecular flexibility index (Phi) is 5.30. The van der Waals surface area contributed by atoms with E-state index >= 15 is 0 Å². The summed E-state index contributed by atoms with van der Waals surface area (Å²) in [7, 11) is 0. The van der Waals surface area contributed by atoms with E-state index in [-0.39, 0.29) is 23.7 Å². The lowest BCUT2D eigenvalue weighted by atomic mass is 10.2. The summed E-state index contributed by atoms with van der Waals surface area (Å²) in [5.74, 6) is -1.53. The van der Waals surface area contributed by atoms with E-state index in [1.807, 2.05) is 0 Å². The van der Waals surface area contributed by atoms with Crippen molar-refractivity contribution in [1.29, 1.82) is 0 Å². The second-order valence-electron chi connectivity index (χ2n) is 5.74. The molecule has 3 N–H and O–H groups in total. The highest BCUT2D eigenvalue weighted by Gasteiger charge is 2.32. The number of nitrogens with two attached hydrogens (primary N) is 1. The molecule has 0 radical (unpaired) electrons. The number of hydrogen-bond donors (Lipinski definition) is 2. The highest BCUT2D eigenvalue weighted by atomic mass is 19.4. The van der Waals surface area contributed by atoms with E-state index < -0.39 is 36.9 Å². The van der Waals surface area contributed by atoms with Gasteiger partial charge in [0.1, 0.15) is 5.82 Å². The van der Waals surface area contributed by atoms with Crippen molar-refractivity contribution in [2.45, 2.75) is 25.4 Å². The van der Waals surface area contributed by atoms with Crippen molar-refractivity contribution in [3.05, 3.63) is 29.6 Å². The van der Waals surface area contributed by atoms with Crippen LogP contribution in [0, 0.1) is 11.7 Å². The van der Waals surface area contributed by atoms with Crippen LogP contribution in [0.3, 0.4) is 0 Å². The van der Waals surface area contributed by atoms with E-state index in [1.54, 1.807) is 0 Å². The summed E-state index contributed by atoms with van der Waals surface area (Å²) in [5.41, 5.74) is 4.72. The first kappa shape index (κ1) is 18.0. The number of hydrogen-bond acceptors (Lipinski definition) is 2. The fraction of sp³-hybridized carbons (Fsp3) is 0.467. The molecule has 5 nitrogen and oxygen atoms in total. The topological polar surface area (TPSA) is 75.4 Å². The fourth-order valence-electron chi connectivity index (χ4n) is 2.11. The number of urea groups is 1. The molecule has 9 heteroatoms. The minimum absolute atomic E-state index is 0.0718. The van der Waals surface area contributed by atoms with Crippen LogP contribution in [0.5, 0.6) is 0 Å². The number of primary amides is 1. The van der Waals surface area contributed by atoms with Crippen LogP contribution in [-0.2, 0) is 0 Å². The Hall–Kier alpha value is -2.32. The molecule has 0 heterocycles. The molecular weight excluding hydrogens is 330 g/mol. The molecule has 0 unspecified atom stereocenters. The standard InChI is InChI=1S/C15H17F4N3O2/c16-11-7-10(13(20)23)3-4-12(11)21-14(24)22(8-9-1-2-9)6-5-15(17,18)19/h3-4,7,9H,1-2,5-6,8H2,(H2,20,23)(H,21,24). The predicted octanol–water partition coefficient (Wildman–Crippen LogP) is 3.12. The second-order valence-corrected chi connectivity index (χ2v) is 5.74. The van der Waals surface area contributed by atoms with Gasteiger partial charge in [-0.3, -0.25) is 4.79 Å². The zero-order valence-electron chi connectivity index (χ0n) is 12.7. The van der Waals surface area contributed by atoms with Crippen LogP contribution in [0.1, 0.15) is 29.6 Å². The van der Waals surface area contributed by atoms with Gasteiger partial charge >= 0.3 is 12.2 Å². The van der Waals surface area contributed by atoms with Gasteiger partial charge in [-0.25, -0.2) is 9.18 Å². The summed E-state index contributed by atoms with van der Waals surface area (Å²) in [5, 5.41) is 2.24. The summed E-state index contributed by atoms with van der Waals surface area (Å²) < 4.78 is 51.0. The summed E-state index contributed by atoms with van der Waals surface area (Å²) in [6.07, 6.45) is -3.79. The number of anilines is 1. The molecule has 1 aromatic carbocycles. The molecule has 1 aromatic rings. The Balaban J connectivity index is 2.04. The summed E-state index contributed by atoms with van der Waals surface area (Å²) in [6.45, 7) is -0.296. The fourth-order valence-corrected chi connectivity index (χ4v) is 2.11. The Labute approximate surface area is 135 Å². The van der Waals surface area contributed by atoms with E-state index in [4.69, 9.17) is 5.73 Å². The molecule has 3 amide bonds. The van der Waals surface area contributed by atoms with Crippen molar-refractivity contribution in [3.8, 4) is 0 Å². The third-order valence-electron chi connectivity index (χ3n) is 3.62. The molecule has 0 spiro atoms. The van der Waals surface area contributed by atoms with Crippen molar-refractivity contribution >= 4 is 17.6 Å². The molecule has 2 rings (SSSR count). The molecule has 0 atom stereocenters. The molecule has 0 saturated heterocycles. The highest BCUT2D eigenvalue weighted by molar-refractivity contribution is 5.94. The first-order valence-corrected chi connectivity index (χ1v) is 7.38. The predicted molar refractivity (Wildman–Crippen MR) is 78.9 cm³/mol. The number of halogens is 4. The normalized spacial score (nSPS) is 14.3. The van der Waals surface area contributed by atoms with E-state index in [0.717, 1.165) is 29.9 Å². The number of amides is 3. The quantitative estimate of drug-likeness (QED) is 0.776. The van der Waals surface area contributed by atoms with Gasteiger partial charge in [0.15, 0.2) is 0 Å². The van der Waals surface area contributed by atoms with Crippen molar-refractivity contribution in [3.63, 3.8) is 0 Å². The van der Waals surface area contributed by atoms with Gasteiger partial charge in [-0.05, 0) is 37.0 Å². The van der Waals surface area contributed by atoms with Crippen LogP contribution < -0.4 is 11.1 Å². The van der Waals surface area contributed by atoms with Crippen molar-refractivity contribution in [2.24, 2.45) is 11.7 Å². The van der Waals surface area contributed by atoms with Crippen LogP contribution >= 0.6 is 0 Å². The molecule has 1 fully saturated rings. The van der Waals surface area contributed by atoms with E-state index in [2.05, 4.69) is 5.32 Å².